The number of benzene rings is 1. The summed E-state index contributed by atoms with van der Waals surface area (Å²) in [5.74, 6) is 1.51. The van der Waals surface area contributed by atoms with E-state index in [4.69, 9.17) is 18.9 Å². The van der Waals surface area contributed by atoms with Crippen LogP contribution in [0.25, 0.3) is 11.3 Å². The normalized spacial score (nSPS) is 24.1. The van der Waals surface area contributed by atoms with Crippen molar-refractivity contribution in [2.45, 2.75) is 56.5 Å². The van der Waals surface area contributed by atoms with E-state index in [0.717, 1.165) is 45.1 Å². The maximum atomic E-state index is 16.5. The number of hydrogen-bond donors (Lipinski definition) is 1. The summed E-state index contributed by atoms with van der Waals surface area (Å²) in [7, 11) is 1.61. The lowest BCUT2D eigenvalue weighted by molar-refractivity contribution is -0.164. The minimum atomic E-state index is -1.75. The van der Waals surface area contributed by atoms with Gasteiger partial charge in [0.1, 0.15) is 35.5 Å². The zero-order chi connectivity index (χ0) is 34.7. The highest BCUT2D eigenvalue weighted by Gasteiger charge is 2.48. The fraction of sp³-hybridized carbons (Fsp3) is 0.528. The van der Waals surface area contributed by atoms with Gasteiger partial charge in [0.05, 0.1) is 50.8 Å². The fourth-order valence-electron chi connectivity index (χ4n) is 7.05. The molecule has 4 aliphatic heterocycles. The number of aromatic nitrogens is 3. The third-order valence-corrected chi connectivity index (χ3v) is 10.0. The van der Waals surface area contributed by atoms with Crippen molar-refractivity contribution in [1.82, 2.24) is 24.8 Å². The Morgan fingerprint density at radius 2 is 1.96 bits per heavy atom. The monoisotopic (exact) mass is 688 g/mol. The molecule has 0 bridgehead atoms. The molecule has 3 unspecified atom stereocenters. The van der Waals surface area contributed by atoms with Crippen LogP contribution in [0, 0.1) is 11.3 Å². The van der Waals surface area contributed by atoms with Gasteiger partial charge < -0.3 is 34.1 Å². The van der Waals surface area contributed by atoms with E-state index >= 15 is 4.39 Å². The van der Waals surface area contributed by atoms with E-state index < -0.39 is 17.9 Å². The van der Waals surface area contributed by atoms with Crippen molar-refractivity contribution < 1.29 is 29.6 Å². The minimum Gasteiger partial charge on any atom is -0.486 e. The first kappa shape index (κ1) is 33.9. The molecular formula is C36H45FN8O5. The Morgan fingerprint density at radius 1 is 1.14 bits per heavy atom. The predicted octanol–water partition coefficient (Wildman–Crippen LogP) is 4.21. The Morgan fingerprint density at radius 3 is 2.64 bits per heavy atom. The molecule has 0 saturated carbocycles. The number of alkyl halides is 1. The van der Waals surface area contributed by atoms with E-state index in [1.165, 1.54) is 0 Å². The number of nitriles is 1. The van der Waals surface area contributed by atoms with Gasteiger partial charge in [0.15, 0.2) is 5.67 Å². The van der Waals surface area contributed by atoms with Crippen LogP contribution in [0.4, 0.5) is 21.8 Å². The van der Waals surface area contributed by atoms with Gasteiger partial charge in [-0.1, -0.05) is 13.3 Å². The van der Waals surface area contributed by atoms with Crippen molar-refractivity contribution >= 4 is 23.4 Å². The molecule has 1 N–H and O–H groups in total. The van der Waals surface area contributed by atoms with E-state index in [1.54, 1.807) is 42.5 Å². The topological polar surface area (TPSA) is 138 Å². The second kappa shape index (κ2) is 14.7. The summed E-state index contributed by atoms with van der Waals surface area (Å²) in [4.78, 5) is 32.9. The quantitative estimate of drug-likeness (QED) is 0.309. The number of nitrogens with one attached hydrogen (secondary N) is 1. The first-order chi connectivity index (χ1) is 24.4. The molecule has 266 valence electrons. The van der Waals surface area contributed by atoms with Crippen LogP contribution in [0.15, 0.2) is 42.6 Å². The van der Waals surface area contributed by atoms with Gasteiger partial charge in [-0.05, 0) is 42.8 Å². The lowest BCUT2D eigenvalue weighted by Gasteiger charge is -2.44. The number of pyridine rings is 1. The number of carbonyl (C=O) groups excluding carboxylic acids is 1. The number of amides is 1. The van der Waals surface area contributed by atoms with E-state index in [-0.39, 0.29) is 25.9 Å². The van der Waals surface area contributed by atoms with Crippen molar-refractivity contribution in [3.8, 4) is 29.0 Å². The highest BCUT2D eigenvalue weighted by atomic mass is 19.1. The number of piperazine rings is 1. The van der Waals surface area contributed by atoms with Crippen LogP contribution >= 0.6 is 0 Å². The number of halogens is 1. The van der Waals surface area contributed by atoms with Gasteiger partial charge >= 0.3 is 0 Å². The largest absolute Gasteiger partial charge is 0.486 e. The van der Waals surface area contributed by atoms with Crippen molar-refractivity contribution in [1.29, 1.82) is 5.26 Å². The van der Waals surface area contributed by atoms with Crippen LogP contribution in [0.3, 0.4) is 0 Å². The smallest absolute Gasteiger partial charge is 0.251 e. The van der Waals surface area contributed by atoms with Gasteiger partial charge in [-0.3, -0.25) is 9.69 Å². The summed E-state index contributed by atoms with van der Waals surface area (Å²) >= 11 is 0. The molecule has 2 aromatic heterocycles. The summed E-state index contributed by atoms with van der Waals surface area (Å²) in [5, 5.41) is 13.2. The molecule has 1 aromatic carbocycles. The van der Waals surface area contributed by atoms with Gasteiger partial charge in [0.25, 0.3) is 5.91 Å². The Balaban J connectivity index is 0.00000448. The number of hydrogen-bond acceptors (Lipinski definition) is 12. The molecule has 4 fully saturated rings. The maximum Gasteiger partial charge on any atom is 0.251 e. The van der Waals surface area contributed by atoms with E-state index in [2.05, 4.69) is 36.1 Å². The van der Waals surface area contributed by atoms with Gasteiger partial charge in [-0.2, -0.15) is 10.2 Å². The van der Waals surface area contributed by atoms with E-state index in [0.29, 0.717) is 73.1 Å². The molecule has 4 aliphatic rings. The van der Waals surface area contributed by atoms with Crippen LogP contribution < -0.4 is 19.7 Å². The van der Waals surface area contributed by atoms with Crippen molar-refractivity contribution in [3.05, 3.63) is 48.2 Å². The predicted molar refractivity (Wildman–Crippen MR) is 185 cm³/mol. The van der Waals surface area contributed by atoms with Crippen LogP contribution in [-0.4, -0.2) is 121 Å². The number of carbonyl (C=O) groups is 1. The number of ether oxygens (including phenoxy) is 4. The molecule has 1 amide bonds. The average molecular weight is 689 g/mol. The molecule has 6 heterocycles. The van der Waals surface area contributed by atoms with Crippen LogP contribution in [0.1, 0.15) is 39.6 Å². The molecule has 3 aromatic rings. The molecule has 4 saturated heterocycles. The highest BCUT2D eigenvalue weighted by molar-refractivity contribution is 5.81. The molecule has 0 radical (unpaired) electrons. The third kappa shape index (κ3) is 7.03. The number of piperidine rings is 1. The number of anilines is 3. The second-order valence-corrected chi connectivity index (χ2v) is 13.2. The van der Waals surface area contributed by atoms with Gasteiger partial charge in [0, 0.05) is 58.8 Å². The van der Waals surface area contributed by atoms with E-state index in [1.807, 2.05) is 19.1 Å². The van der Waals surface area contributed by atoms with Gasteiger partial charge in [-0.25, -0.2) is 14.4 Å². The minimum absolute atomic E-state index is 0. The van der Waals surface area contributed by atoms with Crippen LogP contribution in [0.5, 0.6) is 11.6 Å². The SMILES string of the molecule is CCCC1(F)CN(C(=O)C2CCO2)CCC1Oc1ccc(-c2ccnc(Nc3ccc(N4CCN(C5COC5)CC4)c(OC)n3)n2)cc1C#N.[HH]. The van der Waals surface area contributed by atoms with E-state index in [9.17, 15) is 10.1 Å². The van der Waals surface area contributed by atoms with Crippen molar-refractivity contribution in [2.24, 2.45) is 0 Å². The molecular weight excluding hydrogens is 643 g/mol. The zero-order valence-corrected chi connectivity index (χ0v) is 28.5. The average Bonchev–Trinajstić information content (AvgIpc) is 3.08. The number of rotatable bonds is 11. The van der Waals surface area contributed by atoms with Crippen LogP contribution in [-0.2, 0) is 14.3 Å². The Labute approximate surface area is 292 Å². The molecule has 14 heteroatoms. The molecule has 0 aliphatic carbocycles. The Kier molecular flexibility index (Phi) is 9.98. The standard InChI is InChI=1S/C36H43FN8O5.H2/c1-3-11-36(37)23-45(34(46)30-10-18-49-30)13-9-31(36)50-29-6-4-24(19-25(29)20-38)27-8-12-39-35(40-27)42-32-7-5-28(33(41-32)47-2)44-16-14-43(15-17-44)26-21-48-22-26;/h4-8,12,19,26,30-31H,3,9-11,13-18,21-23H2,1-2H3,(H,39,40,41,42);1H. The summed E-state index contributed by atoms with van der Waals surface area (Å²) < 4.78 is 39.1. The molecule has 50 heavy (non-hydrogen) atoms. The summed E-state index contributed by atoms with van der Waals surface area (Å²) in [6.07, 6.45) is 2.16. The highest BCUT2D eigenvalue weighted by Crippen LogP contribution is 2.37. The summed E-state index contributed by atoms with van der Waals surface area (Å²) in [6.45, 7) is 8.09. The lowest BCUT2D eigenvalue weighted by atomic mass is 9.86. The Bertz CT molecular complexity index is 1730. The molecule has 7 rings (SSSR count). The molecule has 3 atom stereocenters. The van der Waals surface area contributed by atoms with Gasteiger partial charge in [0.2, 0.25) is 11.8 Å². The van der Waals surface area contributed by atoms with Crippen molar-refractivity contribution in [3.63, 3.8) is 0 Å². The first-order valence-electron chi connectivity index (χ1n) is 17.4. The van der Waals surface area contributed by atoms with Gasteiger partial charge in [-0.15, -0.1) is 0 Å². The third-order valence-electron chi connectivity index (χ3n) is 10.0. The summed E-state index contributed by atoms with van der Waals surface area (Å²) in [6, 6.07) is 13.5. The lowest BCUT2D eigenvalue weighted by Crippen LogP contribution is -2.60. The summed E-state index contributed by atoms with van der Waals surface area (Å²) in [5.41, 5.74) is 0.708. The number of nitrogens with zero attached hydrogens (tertiary/aromatic N) is 7. The Hall–Kier alpha value is -4.58. The van der Waals surface area contributed by atoms with Crippen LogP contribution in [0.2, 0.25) is 0 Å². The van der Waals surface area contributed by atoms with Crippen molar-refractivity contribution in [2.75, 3.05) is 76.4 Å². The molecule has 13 nitrogen and oxygen atoms in total. The molecule has 0 spiro atoms. The number of methoxy groups -OCH3 is 1. The second-order valence-electron chi connectivity index (χ2n) is 13.2. The fourth-order valence-corrected chi connectivity index (χ4v) is 7.05. The maximum absolute atomic E-state index is 16.5. The zero-order valence-electron chi connectivity index (χ0n) is 28.5. The number of likely N-dealkylation sites (tertiary alicyclic amines) is 1. The first-order valence-corrected chi connectivity index (χ1v) is 17.4.